The lowest BCUT2D eigenvalue weighted by molar-refractivity contribution is 0.0456. The molecule has 9 heteroatoms. The molecule has 0 atom stereocenters. The topological polar surface area (TPSA) is 118 Å². The van der Waals surface area contributed by atoms with E-state index in [9.17, 15) is 14.4 Å². The monoisotopic (exact) mass is 297 g/mol. The van der Waals surface area contributed by atoms with Crippen LogP contribution in [0.5, 0.6) is 0 Å². The van der Waals surface area contributed by atoms with Gasteiger partial charge in [0.2, 0.25) is 5.69 Å². The van der Waals surface area contributed by atoms with Crippen LogP contribution in [-0.2, 0) is 14.2 Å². The minimum atomic E-state index is -0.902. The summed E-state index contributed by atoms with van der Waals surface area (Å²) in [4.78, 5) is 38.7. The van der Waals surface area contributed by atoms with Gasteiger partial charge in [0.15, 0.2) is 5.69 Å². The number of hydrogen-bond donors (Lipinski definition) is 0. The van der Waals surface area contributed by atoms with Gasteiger partial charge in [-0.3, -0.25) is 0 Å². The lowest BCUT2D eigenvalue weighted by atomic mass is 10.3. The zero-order valence-electron chi connectivity index (χ0n) is 11.9. The largest absolute Gasteiger partial charge is 0.461 e. The summed E-state index contributed by atoms with van der Waals surface area (Å²) in [5.41, 5.74) is -0.850. The molecular formula is C12H15N3O6. The Kier molecular flexibility index (Phi) is 6.18. The molecule has 0 aliphatic carbocycles. The zero-order chi connectivity index (χ0) is 15.8. The number of hydrogen-bond acceptors (Lipinski definition) is 9. The highest BCUT2D eigenvalue weighted by Crippen LogP contribution is 2.07. The quantitative estimate of drug-likeness (QED) is 0.543. The second-order valence-corrected chi connectivity index (χ2v) is 3.49. The van der Waals surface area contributed by atoms with Gasteiger partial charge in [0.1, 0.15) is 0 Å². The molecule has 0 unspecified atom stereocenters. The summed E-state index contributed by atoms with van der Waals surface area (Å²) < 4.78 is 14.2. The van der Waals surface area contributed by atoms with Gasteiger partial charge in [-0.1, -0.05) is 0 Å². The predicted molar refractivity (Wildman–Crippen MR) is 67.7 cm³/mol. The number of nitrogens with zero attached hydrogens (tertiary/aromatic N) is 3. The van der Waals surface area contributed by atoms with Gasteiger partial charge in [0.05, 0.1) is 19.8 Å². The molecule has 0 N–H and O–H groups in total. The van der Waals surface area contributed by atoms with E-state index in [1.807, 2.05) is 0 Å². The number of esters is 3. The van der Waals surface area contributed by atoms with Gasteiger partial charge in [-0.15, -0.1) is 10.2 Å². The third kappa shape index (κ3) is 4.20. The number of rotatable bonds is 6. The number of aromatic nitrogens is 3. The van der Waals surface area contributed by atoms with Crippen LogP contribution in [0.4, 0.5) is 0 Å². The molecule has 1 heterocycles. The highest BCUT2D eigenvalue weighted by atomic mass is 16.5. The molecule has 0 saturated heterocycles. The van der Waals surface area contributed by atoms with Crippen LogP contribution < -0.4 is 0 Å². The Labute approximate surface area is 120 Å². The van der Waals surface area contributed by atoms with Crippen molar-refractivity contribution in [3.8, 4) is 0 Å². The first kappa shape index (κ1) is 16.5. The van der Waals surface area contributed by atoms with E-state index in [-0.39, 0.29) is 19.8 Å². The minimum Gasteiger partial charge on any atom is -0.461 e. The number of carbonyl (C=O) groups excluding carboxylic acids is 3. The average Bonchev–Trinajstić information content (AvgIpc) is 2.47. The number of ether oxygens (including phenoxy) is 3. The zero-order valence-corrected chi connectivity index (χ0v) is 11.9. The Morgan fingerprint density at radius 1 is 0.762 bits per heavy atom. The summed E-state index contributed by atoms with van der Waals surface area (Å²) >= 11 is 0. The van der Waals surface area contributed by atoms with Crippen LogP contribution >= 0.6 is 0 Å². The lowest BCUT2D eigenvalue weighted by Crippen LogP contribution is -2.22. The predicted octanol–water partition coefficient (Wildman–Crippen LogP) is 0.402. The van der Waals surface area contributed by atoms with Crippen LogP contribution in [0.25, 0.3) is 0 Å². The molecule has 0 aromatic carbocycles. The molecule has 1 rings (SSSR count). The van der Waals surface area contributed by atoms with Crippen molar-refractivity contribution in [2.45, 2.75) is 20.8 Å². The molecule has 0 aliphatic heterocycles. The van der Waals surface area contributed by atoms with Crippen molar-refractivity contribution < 1.29 is 28.6 Å². The summed E-state index contributed by atoms with van der Waals surface area (Å²) in [6, 6.07) is 0. The maximum absolute atomic E-state index is 11.8. The molecule has 21 heavy (non-hydrogen) atoms. The molecule has 0 spiro atoms. The van der Waals surface area contributed by atoms with Crippen molar-refractivity contribution >= 4 is 17.9 Å². The van der Waals surface area contributed by atoms with Crippen molar-refractivity contribution in [1.82, 2.24) is 15.2 Å². The minimum absolute atomic E-state index is 0.0693. The molecule has 0 bridgehead atoms. The fourth-order valence-electron chi connectivity index (χ4n) is 1.29. The summed E-state index contributed by atoms with van der Waals surface area (Å²) in [7, 11) is 0. The maximum atomic E-state index is 11.8. The van der Waals surface area contributed by atoms with Crippen molar-refractivity contribution in [3.63, 3.8) is 0 Å². The molecule has 0 saturated carbocycles. The maximum Gasteiger partial charge on any atom is 0.378 e. The Balaban J connectivity index is 3.22. The van der Waals surface area contributed by atoms with E-state index in [4.69, 9.17) is 14.2 Å². The molecule has 0 amide bonds. The van der Waals surface area contributed by atoms with Crippen molar-refractivity contribution in [1.29, 1.82) is 0 Å². The molecule has 0 fully saturated rings. The average molecular weight is 297 g/mol. The van der Waals surface area contributed by atoms with Crippen LogP contribution in [0, 0.1) is 0 Å². The van der Waals surface area contributed by atoms with Gasteiger partial charge in [-0.2, -0.15) is 0 Å². The first-order valence-electron chi connectivity index (χ1n) is 6.31. The Hall–Kier alpha value is -2.58. The lowest BCUT2D eigenvalue weighted by Gasteiger charge is -2.07. The van der Waals surface area contributed by atoms with Gasteiger partial charge in [-0.25, -0.2) is 19.4 Å². The SMILES string of the molecule is CCOC(=O)c1nnc(C(=O)OCC)c(C(=O)OCC)n1. The summed E-state index contributed by atoms with van der Waals surface area (Å²) in [6.45, 7) is 5.04. The molecule has 9 nitrogen and oxygen atoms in total. The van der Waals surface area contributed by atoms with Gasteiger partial charge in [0, 0.05) is 0 Å². The van der Waals surface area contributed by atoms with E-state index >= 15 is 0 Å². The van der Waals surface area contributed by atoms with Crippen LogP contribution in [0.3, 0.4) is 0 Å². The molecule has 114 valence electrons. The fraction of sp³-hybridized carbons (Fsp3) is 0.500. The van der Waals surface area contributed by atoms with Gasteiger partial charge in [-0.05, 0) is 20.8 Å². The second kappa shape index (κ2) is 7.88. The van der Waals surface area contributed by atoms with Crippen LogP contribution in [0.15, 0.2) is 0 Å². The Morgan fingerprint density at radius 2 is 1.24 bits per heavy atom. The number of carbonyl (C=O) groups is 3. The van der Waals surface area contributed by atoms with E-state index in [0.717, 1.165) is 0 Å². The van der Waals surface area contributed by atoms with E-state index in [0.29, 0.717) is 0 Å². The summed E-state index contributed by atoms with van der Waals surface area (Å²) in [5.74, 6) is -3.07. The van der Waals surface area contributed by atoms with Gasteiger partial charge < -0.3 is 14.2 Å². The van der Waals surface area contributed by atoms with Crippen LogP contribution in [0.1, 0.15) is 52.4 Å². The third-order valence-corrected chi connectivity index (χ3v) is 2.08. The molecule has 1 aromatic heterocycles. The Bertz CT molecular complexity index is 546. The summed E-state index contributed by atoms with van der Waals surface area (Å²) in [6.07, 6.45) is 0. The van der Waals surface area contributed by atoms with Crippen molar-refractivity contribution in [2.24, 2.45) is 0 Å². The van der Waals surface area contributed by atoms with Crippen molar-refractivity contribution in [3.05, 3.63) is 17.2 Å². The third-order valence-electron chi connectivity index (χ3n) is 2.08. The van der Waals surface area contributed by atoms with Crippen LogP contribution in [-0.4, -0.2) is 52.9 Å². The standard InChI is InChI=1S/C12H15N3O6/c1-4-19-10(16)7-8(11(17)20-5-2)14-15-9(13-7)12(18)21-6-3/h4-6H2,1-3H3. The molecule has 1 aromatic rings. The first-order chi connectivity index (χ1) is 10.0. The van der Waals surface area contributed by atoms with Crippen molar-refractivity contribution in [2.75, 3.05) is 19.8 Å². The highest BCUT2D eigenvalue weighted by Gasteiger charge is 2.26. The smallest absolute Gasteiger partial charge is 0.378 e. The second-order valence-electron chi connectivity index (χ2n) is 3.49. The normalized spacial score (nSPS) is 9.86. The van der Waals surface area contributed by atoms with Crippen LogP contribution in [0.2, 0.25) is 0 Å². The first-order valence-corrected chi connectivity index (χ1v) is 6.31. The van der Waals surface area contributed by atoms with E-state index in [1.165, 1.54) is 0 Å². The van der Waals surface area contributed by atoms with Gasteiger partial charge >= 0.3 is 17.9 Å². The molecular weight excluding hydrogens is 282 g/mol. The Morgan fingerprint density at radius 3 is 1.76 bits per heavy atom. The fourth-order valence-corrected chi connectivity index (χ4v) is 1.29. The molecule has 0 aliphatic rings. The van der Waals surface area contributed by atoms with E-state index < -0.39 is 35.1 Å². The van der Waals surface area contributed by atoms with E-state index in [2.05, 4.69) is 15.2 Å². The van der Waals surface area contributed by atoms with E-state index in [1.54, 1.807) is 20.8 Å². The summed E-state index contributed by atoms with van der Waals surface area (Å²) in [5, 5.41) is 6.97. The highest BCUT2D eigenvalue weighted by molar-refractivity contribution is 6.00. The molecule has 0 radical (unpaired) electrons. The van der Waals surface area contributed by atoms with Gasteiger partial charge in [0.25, 0.3) is 5.82 Å².